The Morgan fingerprint density at radius 3 is 2.59 bits per heavy atom. The van der Waals surface area contributed by atoms with Crippen molar-refractivity contribution in [1.82, 2.24) is 10.2 Å². The van der Waals surface area contributed by atoms with Gasteiger partial charge in [-0.25, -0.2) is 4.79 Å². The number of hydrogen-bond acceptors (Lipinski definition) is 4. The van der Waals surface area contributed by atoms with E-state index in [-0.39, 0.29) is 15.2 Å². The summed E-state index contributed by atoms with van der Waals surface area (Å²) in [6, 6.07) is -1.42. The first kappa shape index (κ1) is 12.9. The van der Waals surface area contributed by atoms with Crippen molar-refractivity contribution in [3.05, 3.63) is 0 Å². The van der Waals surface area contributed by atoms with Crippen LogP contribution < -0.4 is 5.32 Å². The number of carboxylic acid groups (broad SMARTS) is 1. The number of β-lactam (4-membered cyclic amide) rings is 1. The Morgan fingerprint density at radius 1 is 1.53 bits per heavy atom. The zero-order valence-corrected chi connectivity index (χ0v) is 12.1. The summed E-state index contributed by atoms with van der Waals surface area (Å²) in [4.78, 5) is 35.3. The van der Waals surface area contributed by atoms with Crippen LogP contribution in [0.4, 0.5) is 4.79 Å². The van der Waals surface area contributed by atoms with Gasteiger partial charge in [0, 0.05) is 27.3 Å². The second kappa shape index (κ2) is 4.01. The predicted molar refractivity (Wildman–Crippen MR) is 70.1 cm³/mol. The number of amides is 2. The lowest BCUT2D eigenvalue weighted by atomic mass is 9.96. The Labute approximate surface area is 116 Å². The molecule has 2 rings (SSSR count). The molecule has 0 bridgehead atoms. The predicted octanol–water partition coefficient (Wildman–Crippen LogP) is 0.646. The summed E-state index contributed by atoms with van der Waals surface area (Å²) in [5.74, 6) is -1.32. The molecule has 2 aliphatic heterocycles. The molecule has 0 saturated carbocycles. The van der Waals surface area contributed by atoms with Gasteiger partial charge in [-0.2, -0.15) is 0 Å². The number of nitrogens with one attached hydrogen (secondary N) is 1. The zero-order valence-electron chi connectivity index (χ0n) is 9.14. The normalized spacial score (nSPS) is 33.9. The van der Waals surface area contributed by atoms with E-state index in [1.54, 1.807) is 36.4 Å². The lowest BCUT2D eigenvalue weighted by Gasteiger charge is -2.43. The van der Waals surface area contributed by atoms with Gasteiger partial charge >= 0.3 is 5.97 Å². The monoisotopic (exact) mass is 370 g/mol. The number of carbonyl (C=O) groups is 3. The summed E-state index contributed by atoms with van der Waals surface area (Å²) in [5, 5.41) is 11.4. The number of rotatable bonds is 2. The van der Waals surface area contributed by atoms with Crippen LogP contribution in [-0.2, 0) is 9.59 Å². The first-order chi connectivity index (χ1) is 7.75. The Hall–Kier alpha value is -0.510. The Balaban J connectivity index is 2.21. The van der Waals surface area contributed by atoms with Crippen LogP contribution in [0.5, 0.6) is 0 Å². The maximum absolute atomic E-state index is 11.8. The van der Waals surface area contributed by atoms with Crippen molar-refractivity contribution < 1.29 is 19.5 Å². The van der Waals surface area contributed by atoms with E-state index in [4.69, 9.17) is 5.11 Å². The van der Waals surface area contributed by atoms with E-state index in [0.29, 0.717) is 0 Å². The van der Waals surface area contributed by atoms with Gasteiger partial charge in [-0.05, 0) is 13.8 Å². The number of nitrogens with zero attached hydrogens (tertiary/aromatic N) is 1. The van der Waals surface area contributed by atoms with Crippen LogP contribution in [0.2, 0.25) is 0 Å². The van der Waals surface area contributed by atoms with E-state index in [1.165, 1.54) is 16.7 Å². The van der Waals surface area contributed by atoms with Crippen LogP contribution in [0.3, 0.4) is 0 Å². The topological polar surface area (TPSA) is 86.7 Å². The molecule has 0 aromatic heterocycles. The summed E-state index contributed by atoms with van der Waals surface area (Å²) in [6.07, 6.45) is 0. The van der Waals surface area contributed by atoms with Crippen molar-refractivity contribution in [3.63, 3.8) is 0 Å². The molecule has 0 aromatic rings. The van der Waals surface area contributed by atoms with Crippen LogP contribution in [0.15, 0.2) is 0 Å². The number of carboxylic acids is 1. The van der Waals surface area contributed by atoms with Crippen molar-refractivity contribution in [2.45, 2.75) is 36.1 Å². The van der Waals surface area contributed by atoms with Crippen LogP contribution in [0.25, 0.3) is 0 Å². The summed E-state index contributed by atoms with van der Waals surface area (Å²) < 4.78 is -0.852. The molecule has 94 valence electrons. The number of hydrogen-bond donors (Lipinski definition) is 2. The van der Waals surface area contributed by atoms with Crippen molar-refractivity contribution >= 4 is 50.1 Å². The van der Waals surface area contributed by atoms with Gasteiger partial charge in [0.05, 0.1) is 0 Å². The van der Waals surface area contributed by atoms with Gasteiger partial charge in [0.1, 0.15) is 17.5 Å². The fraction of sp³-hybridized carbons (Fsp3) is 0.667. The lowest BCUT2D eigenvalue weighted by Crippen LogP contribution is -2.70. The third kappa shape index (κ3) is 1.90. The molecule has 2 N–H and O–H groups in total. The van der Waals surface area contributed by atoms with Crippen molar-refractivity contribution in [1.29, 1.82) is 0 Å². The number of halogens is 1. The largest absolute Gasteiger partial charge is 0.480 e. The van der Waals surface area contributed by atoms with E-state index in [1.807, 2.05) is 0 Å². The minimum Gasteiger partial charge on any atom is -0.480 e. The minimum absolute atomic E-state index is 0.266. The fourth-order valence-corrected chi connectivity index (χ4v) is 4.23. The zero-order chi connectivity index (χ0) is 13.0. The molecule has 0 aliphatic carbocycles. The van der Waals surface area contributed by atoms with E-state index in [2.05, 4.69) is 5.32 Å². The lowest BCUT2D eigenvalue weighted by molar-refractivity contribution is -0.159. The molecule has 0 spiro atoms. The average Bonchev–Trinajstić information content (AvgIpc) is 2.43. The Morgan fingerprint density at radius 2 is 2.12 bits per heavy atom. The van der Waals surface area contributed by atoms with Crippen molar-refractivity contribution in [3.8, 4) is 0 Å². The average molecular weight is 370 g/mol. The number of thioether (sulfide) groups is 1. The number of aliphatic carboxylic acids is 1. The van der Waals surface area contributed by atoms with E-state index >= 15 is 0 Å². The van der Waals surface area contributed by atoms with Gasteiger partial charge in [-0.15, -0.1) is 11.8 Å². The standard InChI is InChI=1S/C9H11IN2O4S/c1-9(2)4(7(14)15)12-5(13)3(6(12)17-9)11-8(10)16/h3-4,6H,1-2H3,(H,11,16)(H,14,15). The van der Waals surface area contributed by atoms with Gasteiger partial charge in [0.15, 0.2) is 0 Å². The quantitative estimate of drug-likeness (QED) is 0.323. The van der Waals surface area contributed by atoms with E-state index in [0.717, 1.165) is 0 Å². The van der Waals surface area contributed by atoms with E-state index < -0.39 is 22.8 Å². The van der Waals surface area contributed by atoms with E-state index in [9.17, 15) is 14.4 Å². The van der Waals surface area contributed by atoms with Gasteiger partial charge in [0.25, 0.3) is 3.91 Å². The number of fused-ring (bicyclic) bond motifs is 1. The molecule has 6 nitrogen and oxygen atoms in total. The van der Waals surface area contributed by atoms with Crippen molar-refractivity contribution in [2.24, 2.45) is 0 Å². The van der Waals surface area contributed by atoms with Crippen LogP contribution in [0, 0.1) is 0 Å². The molecule has 2 saturated heterocycles. The molecule has 17 heavy (non-hydrogen) atoms. The highest BCUT2D eigenvalue weighted by Crippen LogP contribution is 2.50. The summed E-state index contributed by atoms with van der Waals surface area (Å²) in [6.45, 7) is 3.59. The summed E-state index contributed by atoms with van der Waals surface area (Å²) in [7, 11) is 0. The molecule has 2 heterocycles. The van der Waals surface area contributed by atoms with Gasteiger partial charge < -0.3 is 15.3 Å². The molecule has 2 amide bonds. The highest BCUT2D eigenvalue weighted by molar-refractivity contribution is 14.1. The van der Waals surface area contributed by atoms with Gasteiger partial charge in [-0.1, -0.05) is 0 Å². The Kier molecular flexibility index (Phi) is 3.05. The fourth-order valence-electron chi connectivity index (χ4n) is 2.27. The first-order valence-electron chi connectivity index (χ1n) is 4.94. The SMILES string of the molecule is CC1(C)SC2C(NC(=O)I)C(=O)N2C1C(=O)O. The molecule has 8 heteroatoms. The Bertz CT molecular complexity index is 414. The highest BCUT2D eigenvalue weighted by Gasteiger charge is 2.64. The molecule has 3 atom stereocenters. The molecule has 2 fully saturated rings. The molecular weight excluding hydrogens is 359 g/mol. The van der Waals surface area contributed by atoms with Crippen molar-refractivity contribution in [2.75, 3.05) is 0 Å². The highest BCUT2D eigenvalue weighted by atomic mass is 127. The number of carbonyl (C=O) groups excluding carboxylic acids is 2. The second-order valence-electron chi connectivity index (χ2n) is 4.49. The van der Waals surface area contributed by atoms with Gasteiger partial charge in [-0.3, -0.25) is 9.59 Å². The maximum atomic E-state index is 11.8. The smallest absolute Gasteiger partial charge is 0.327 e. The summed E-state index contributed by atoms with van der Waals surface area (Å²) >= 11 is 2.97. The third-order valence-electron chi connectivity index (χ3n) is 2.94. The van der Waals surface area contributed by atoms with Gasteiger partial charge in [0.2, 0.25) is 5.91 Å². The molecule has 2 aliphatic rings. The molecule has 0 aromatic carbocycles. The molecule has 0 radical (unpaired) electrons. The van der Waals surface area contributed by atoms with Crippen LogP contribution >= 0.6 is 34.4 Å². The molecular formula is C9H11IN2O4S. The van der Waals surface area contributed by atoms with Crippen LogP contribution in [0.1, 0.15) is 13.8 Å². The van der Waals surface area contributed by atoms with Crippen LogP contribution in [-0.4, -0.2) is 48.0 Å². The first-order valence-corrected chi connectivity index (χ1v) is 6.90. The second-order valence-corrected chi connectivity index (χ2v) is 7.24. The minimum atomic E-state index is -1.00. The maximum Gasteiger partial charge on any atom is 0.327 e. The third-order valence-corrected chi connectivity index (χ3v) is 4.83. The molecule has 3 unspecified atom stereocenters. The summed E-state index contributed by atoms with van der Waals surface area (Å²) in [5.41, 5.74) is 0.